The van der Waals surface area contributed by atoms with Crippen molar-refractivity contribution in [3.63, 3.8) is 0 Å². The van der Waals surface area contributed by atoms with Crippen molar-refractivity contribution in [3.8, 4) is 5.75 Å². The number of carbonyl (C=O) groups is 1. The van der Waals surface area contributed by atoms with E-state index in [1.54, 1.807) is 21.1 Å². The standard InChI is InChI=1S/C30H33NO3/c1-20(32)26-18-29-17-23(11-9-21-7-5-4-6-8-21)30(26,34-3)19-28(29)13-14-31-27(29)15-22-10-12-24(33-2)16-25(22)28/h4-12,16-17,26-27,31H,13-15,18-19H2,1-3H3/b11-9+/t26-,27-,28-,29-,30-/m1/s1. The maximum absolute atomic E-state index is 13.1. The zero-order chi connectivity index (χ0) is 23.6. The number of piperidine rings is 1. The third kappa shape index (κ3) is 2.76. The Labute approximate surface area is 202 Å². The molecule has 4 bridgehead atoms. The maximum atomic E-state index is 13.1. The van der Waals surface area contributed by atoms with Gasteiger partial charge in [0.25, 0.3) is 0 Å². The Bertz CT molecular complexity index is 1200. The Morgan fingerprint density at radius 2 is 1.94 bits per heavy atom. The molecule has 0 amide bonds. The minimum Gasteiger partial charge on any atom is -0.497 e. The summed E-state index contributed by atoms with van der Waals surface area (Å²) < 4.78 is 12.1. The topological polar surface area (TPSA) is 47.6 Å². The fraction of sp³-hybridized carbons (Fsp3) is 0.433. The normalized spacial score (nSPS) is 35.4. The number of ketones is 1. The van der Waals surface area contributed by atoms with Gasteiger partial charge in [-0.15, -0.1) is 0 Å². The lowest BCUT2D eigenvalue weighted by atomic mass is 9.36. The first-order chi connectivity index (χ1) is 16.5. The summed E-state index contributed by atoms with van der Waals surface area (Å²) in [7, 11) is 3.54. The van der Waals surface area contributed by atoms with Gasteiger partial charge in [-0.3, -0.25) is 4.79 Å². The zero-order valence-corrected chi connectivity index (χ0v) is 20.3. The molecule has 2 aromatic rings. The van der Waals surface area contributed by atoms with Crippen LogP contribution in [0.1, 0.15) is 42.9 Å². The highest BCUT2D eigenvalue weighted by Gasteiger charge is 2.71. The molecule has 7 rings (SSSR count). The highest BCUT2D eigenvalue weighted by atomic mass is 16.5. The van der Waals surface area contributed by atoms with Gasteiger partial charge in [-0.1, -0.05) is 54.6 Å². The second-order valence-corrected chi connectivity index (χ2v) is 10.6. The smallest absolute Gasteiger partial charge is 0.136 e. The van der Waals surface area contributed by atoms with Crippen LogP contribution < -0.4 is 10.1 Å². The van der Waals surface area contributed by atoms with Crippen LogP contribution in [0.2, 0.25) is 0 Å². The first-order valence-electron chi connectivity index (χ1n) is 12.4. The van der Waals surface area contributed by atoms with E-state index in [9.17, 15) is 4.79 Å². The summed E-state index contributed by atoms with van der Waals surface area (Å²) in [5.41, 5.74) is 4.28. The van der Waals surface area contributed by atoms with Crippen LogP contribution >= 0.6 is 0 Å². The third-order valence-corrected chi connectivity index (χ3v) is 9.39. The van der Waals surface area contributed by atoms with Gasteiger partial charge in [0.05, 0.1) is 13.0 Å². The second-order valence-electron chi connectivity index (χ2n) is 10.6. The molecular weight excluding hydrogens is 422 g/mol. The van der Waals surface area contributed by atoms with Crippen LogP contribution in [0.25, 0.3) is 6.08 Å². The molecule has 176 valence electrons. The molecule has 1 saturated heterocycles. The van der Waals surface area contributed by atoms with Crippen LogP contribution in [0.4, 0.5) is 0 Å². The molecule has 4 heteroatoms. The Balaban J connectivity index is 1.58. The quantitative estimate of drug-likeness (QED) is 0.699. The highest BCUT2D eigenvalue weighted by molar-refractivity contribution is 5.82. The molecule has 0 unspecified atom stereocenters. The molecule has 1 saturated carbocycles. The number of rotatable bonds is 5. The van der Waals surface area contributed by atoms with Crippen molar-refractivity contribution < 1.29 is 14.3 Å². The van der Waals surface area contributed by atoms with E-state index in [4.69, 9.17) is 9.47 Å². The summed E-state index contributed by atoms with van der Waals surface area (Å²) in [5.74, 6) is 0.981. The predicted octanol–water partition coefficient (Wildman–Crippen LogP) is 4.88. The molecule has 1 spiro atoms. The third-order valence-electron chi connectivity index (χ3n) is 9.39. The van der Waals surface area contributed by atoms with Gasteiger partial charge in [0.15, 0.2) is 0 Å². The van der Waals surface area contributed by atoms with Crippen LogP contribution in [0.15, 0.2) is 66.3 Å². The van der Waals surface area contributed by atoms with E-state index >= 15 is 0 Å². The van der Waals surface area contributed by atoms with Crippen molar-refractivity contribution in [2.75, 3.05) is 20.8 Å². The molecule has 5 aliphatic rings. The molecule has 5 atom stereocenters. The Kier molecular flexibility index (Phi) is 4.91. The van der Waals surface area contributed by atoms with Crippen LogP contribution in [-0.2, 0) is 21.4 Å². The van der Waals surface area contributed by atoms with Crippen molar-refractivity contribution in [2.45, 2.75) is 49.7 Å². The summed E-state index contributed by atoms with van der Waals surface area (Å²) in [5, 5.41) is 3.86. The monoisotopic (exact) mass is 455 g/mol. The number of Topliss-reactive ketones (excluding diaryl/α,β-unsaturated/α-hetero) is 1. The van der Waals surface area contributed by atoms with Crippen LogP contribution in [0.5, 0.6) is 5.75 Å². The first-order valence-corrected chi connectivity index (χ1v) is 12.4. The second kappa shape index (κ2) is 7.66. The van der Waals surface area contributed by atoms with Crippen molar-refractivity contribution in [1.29, 1.82) is 0 Å². The summed E-state index contributed by atoms with van der Waals surface area (Å²) in [6.45, 7) is 2.73. The van der Waals surface area contributed by atoms with Gasteiger partial charge in [-0.25, -0.2) is 0 Å². The van der Waals surface area contributed by atoms with Crippen LogP contribution in [0, 0.1) is 11.3 Å². The van der Waals surface area contributed by atoms with Crippen molar-refractivity contribution in [1.82, 2.24) is 5.32 Å². The van der Waals surface area contributed by atoms with Gasteiger partial charge < -0.3 is 14.8 Å². The van der Waals surface area contributed by atoms with Gasteiger partial charge in [-0.05, 0) is 73.5 Å². The Hall–Kier alpha value is -2.69. The number of carbonyl (C=O) groups excluding carboxylic acids is 1. The zero-order valence-electron chi connectivity index (χ0n) is 20.3. The molecule has 1 N–H and O–H groups in total. The summed E-state index contributed by atoms with van der Waals surface area (Å²) >= 11 is 0. The Morgan fingerprint density at radius 1 is 1.12 bits per heavy atom. The molecule has 1 aliphatic heterocycles. The Morgan fingerprint density at radius 3 is 2.68 bits per heavy atom. The summed E-state index contributed by atoms with van der Waals surface area (Å²) in [6, 6.07) is 17.3. The number of hydrogen-bond donors (Lipinski definition) is 1. The van der Waals surface area contributed by atoms with E-state index in [-0.39, 0.29) is 22.5 Å². The minimum absolute atomic E-state index is 0.0723. The van der Waals surface area contributed by atoms with E-state index in [1.807, 2.05) is 6.07 Å². The number of nitrogens with one attached hydrogen (secondary N) is 1. The van der Waals surface area contributed by atoms with E-state index < -0.39 is 5.60 Å². The summed E-state index contributed by atoms with van der Waals surface area (Å²) in [6.07, 6.45) is 10.5. The van der Waals surface area contributed by atoms with Crippen molar-refractivity contribution in [3.05, 3.63) is 82.9 Å². The van der Waals surface area contributed by atoms with E-state index in [0.717, 1.165) is 49.1 Å². The molecule has 4 nitrogen and oxygen atoms in total. The van der Waals surface area contributed by atoms with Gasteiger partial charge in [-0.2, -0.15) is 0 Å². The fourth-order valence-electron chi connectivity index (χ4n) is 7.88. The molecule has 2 fully saturated rings. The lowest BCUT2D eigenvalue weighted by Crippen LogP contribution is -2.74. The average Bonchev–Trinajstić information content (AvgIpc) is 2.86. The molecule has 0 radical (unpaired) electrons. The van der Waals surface area contributed by atoms with Gasteiger partial charge in [0.2, 0.25) is 0 Å². The van der Waals surface area contributed by atoms with Crippen molar-refractivity contribution >= 4 is 11.9 Å². The summed E-state index contributed by atoms with van der Waals surface area (Å²) in [4.78, 5) is 13.1. The number of hydrogen-bond acceptors (Lipinski definition) is 4. The molecular formula is C30H33NO3. The minimum atomic E-state index is -0.627. The van der Waals surface area contributed by atoms with Gasteiger partial charge >= 0.3 is 0 Å². The largest absolute Gasteiger partial charge is 0.497 e. The van der Waals surface area contributed by atoms with Crippen molar-refractivity contribution in [2.24, 2.45) is 11.3 Å². The van der Waals surface area contributed by atoms with Crippen LogP contribution in [-0.4, -0.2) is 38.2 Å². The van der Waals surface area contributed by atoms with E-state index in [0.29, 0.717) is 6.04 Å². The maximum Gasteiger partial charge on any atom is 0.136 e. The fourth-order valence-corrected chi connectivity index (χ4v) is 7.88. The lowest BCUT2D eigenvalue weighted by molar-refractivity contribution is -0.164. The molecule has 0 aromatic heterocycles. The highest BCUT2D eigenvalue weighted by Crippen LogP contribution is 2.70. The van der Waals surface area contributed by atoms with Gasteiger partial charge in [0.1, 0.15) is 17.1 Å². The molecule has 34 heavy (non-hydrogen) atoms. The number of fused-ring (bicyclic) bond motifs is 2. The van der Waals surface area contributed by atoms with Crippen LogP contribution in [0.3, 0.4) is 0 Å². The number of benzene rings is 2. The number of methoxy groups -OCH3 is 2. The van der Waals surface area contributed by atoms with E-state index in [1.165, 1.54) is 11.1 Å². The average molecular weight is 456 g/mol. The lowest BCUT2D eigenvalue weighted by Gasteiger charge is -2.70. The molecule has 4 aliphatic carbocycles. The SMILES string of the molecule is COc1ccc2c(c1)[C@]13CCN[C@H](C2)[C@]12C=C(/C=C/c1ccccc1)[C@](OC)(C3)[C@@H](C(C)=O)C2. The van der Waals surface area contributed by atoms with E-state index in [2.05, 4.69) is 66.0 Å². The predicted molar refractivity (Wildman–Crippen MR) is 134 cm³/mol. The first kappa shape index (κ1) is 21.8. The molecule has 1 heterocycles. The molecule has 2 aromatic carbocycles. The number of ether oxygens (including phenoxy) is 2. The van der Waals surface area contributed by atoms with Gasteiger partial charge in [0, 0.05) is 24.0 Å².